The zero-order chi connectivity index (χ0) is 15.1. The minimum absolute atomic E-state index is 0.00458. The lowest BCUT2D eigenvalue weighted by atomic mass is 9.79. The Morgan fingerprint density at radius 1 is 1.00 bits per heavy atom. The van der Waals surface area contributed by atoms with E-state index in [2.05, 4.69) is 72.6 Å². The molecule has 3 atom stereocenters. The third-order valence-electron chi connectivity index (χ3n) is 4.88. The Labute approximate surface area is 131 Å². The van der Waals surface area contributed by atoms with Crippen molar-refractivity contribution in [1.82, 2.24) is 4.90 Å². The minimum atomic E-state index is -0.00458. The summed E-state index contributed by atoms with van der Waals surface area (Å²) in [6.45, 7) is 2.23. The first-order valence-corrected chi connectivity index (χ1v) is 7.91. The van der Waals surface area contributed by atoms with Crippen LogP contribution in [0.3, 0.4) is 0 Å². The van der Waals surface area contributed by atoms with Crippen LogP contribution < -0.4 is 0 Å². The van der Waals surface area contributed by atoms with Crippen LogP contribution in [0.4, 0.5) is 0 Å². The molecule has 0 spiro atoms. The quantitative estimate of drug-likeness (QED) is 0.838. The molecule has 2 aliphatic heterocycles. The van der Waals surface area contributed by atoms with Gasteiger partial charge in [0.2, 0.25) is 0 Å². The molecule has 3 nitrogen and oxygen atoms in total. The Balaban J connectivity index is 1.84. The molecule has 2 heterocycles. The van der Waals surface area contributed by atoms with Gasteiger partial charge in [0.05, 0.1) is 11.6 Å². The fourth-order valence-electron chi connectivity index (χ4n) is 3.82. The van der Waals surface area contributed by atoms with Crippen molar-refractivity contribution < 1.29 is 4.84 Å². The van der Waals surface area contributed by atoms with Crippen LogP contribution in [-0.2, 0) is 4.84 Å². The third-order valence-corrected chi connectivity index (χ3v) is 4.88. The second-order valence-corrected chi connectivity index (χ2v) is 6.03. The Kier molecular flexibility index (Phi) is 3.23. The first kappa shape index (κ1) is 13.5. The number of rotatable bonds is 2. The zero-order valence-corrected chi connectivity index (χ0v) is 12.9. The topological polar surface area (TPSA) is 24.8 Å². The van der Waals surface area contributed by atoms with Gasteiger partial charge in [0.1, 0.15) is 0 Å². The van der Waals surface area contributed by atoms with Crippen LogP contribution >= 0.6 is 0 Å². The van der Waals surface area contributed by atoms with Crippen molar-refractivity contribution in [2.24, 2.45) is 5.16 Å². The van der Waals surface area contributed by atoms with E-state index in [1.54, 1.807) is 0 Å². The molecular formula is C19H20N2O. The molecule has 0 aliphatic carbocycles. The van der Waals surface area contributed by atoms with E-state index in [0.29, 0.717) is 6.04 Å². The smallest absolute Gasteiger partial charge is 0.194 e. The number of hydrogen-bond donors (Lipinski definition) is 0. The van der Waals surface area contributed by atoms with Crippen LogP contribution in [0.5, 0.6) is 0 Å². The van der Waals surface area contributed by atoms with Gasteiger partial charge in [0.15, 0.2) is 6.23 Å². The number of nitrogens with zero attached hydrogens (tertiary/aromatic N) is 2. The molecule has 2 aliphatic rings. The van der Waals surface area contributed by atoms with Crippen molar-refractivity contribution in [3.05, 3.63) is 71.3 Å². The van der Waals surface area contributed by atoms with E-state index in [-0.39, 0.29) is 12.1 Å². The average molecular weight is 292 g/mol. The van der Waals surface area contributed by atoms with E-state index < -0.39 is 0 Å². The number of fused-ring (bicyclic) bond motifs is 3. The predicted octanol–water partition coefficient (Wildman–Crippen LogP) is 3.93. The molecule has 0 saturated heterocycles. The first-order chi connectivity index (χ1) is 10.8. The van der Waals surface area contributed by atoms with Crippen molar-refractivity contribution in [3.8, 4) is 0 Å². The normalized spacial score (nSPS) is 26.8. The van der Waals surface area contributed by atoms with E-state index >= 15 is 0 Å². The van der Waals surface area contributed by atoms with Crippen LogP contribution in [-0.4, -0.2) is 23.9 Å². The molecule has 0 radical (unpaired) electrons. The monoisotopic (exact) mass is 292 g/mol. The molecule has 4 rings (SSSR count). The summed E-state index contributed by atoms with van der Waals surface area (Å²) in [5.74, 6) is 0.186. The molecule has 0 N–H and O–H groups in total. The lowest BCUT2D eigenvalue weighted by Crippen LogP contribution is -2.44. The largest absolute Gasteiger partial charge is 0.375 e. The Hall–Kier alpha value is -2.13. The lowest BCUT2D eigenvalue weighted by Gasteiger charge is -2.40. The van der Waals surface area contributed by atoms with Crippen molar-refractivity contribution in [2.75, 3.05) is 7.05 Å². The highest BCUT2D eigenvalue weighted by atomic mass is 16.7. The fourth-order valence-corrected chi connectivity index (χ4v) is 3.82. The number of benzene rings is 2. The standard InChI is InChI=1S/C19H20N2O/c1-3-16-14-11-7-8-12-15(14)17-18(13-9-5-4-6-10-13)20-22-19(17)21(16)2/h4-12,16-17,19H,3H2,1-2H3/t16-,17+,19-/m0/s1. The summed E-state index contributed by atoms with van der Waals surface area (Å²) in [5, 5.41) is 4.44. The summed E-state index contributed by atoms with van der Waals surface area (Å²) in [5.41, 5.74) is 4.95. The minimum Gasteiger partial charge on any atom is -0.375 e. The van der Waals surface area contributed by atoms with Gasteiger partial charge in [0.25, 0.3) is 0 Å². The first-order valence-electron chi connectivity index (χ1n) is 7.91. The van der Waals surface area contributed by atoms with E-state index in [1.165, 1.54) is 11.1 Å². The summed E-state index contributed by atoms with van der Waals surface area (Å²) in [6.07, 6.45) is 1.07. The van der Waals surface area contributed by atoms with Crippen molar-refractivity contribution in [1.29, 1.82) is 0 Å². The number of hydrogen-bond acceptors (Lipinski definition) is 3. The van der Waals surface area contributed by atoms with Gasteiger partial charge in [-0.05, 0) is 24.6 Å². The van der Waals surface area contributed by atoms with Crippen molar-refractivity contribution >= 4 is 5.71 Å². The van der Waals surface area contributed by atoms with E-state index in [9.17, 15) is 0 Å². The molecule has 0 saturated carbocycles. The SMILES string of the molecule is CC[C@H]1c2ccccc2[C@@H]2C(c3ccccc3)=NO[C@@H]2N1C. The molecule has 0 aromatic heterocycles. The lowest BCUT2D eigenvalue weighted by molar-refractivity contribution is -0.0621. The highest BCUT2D eigenvalue weighted by molar-refractivity contribution is 6.06. The summed E-state index contributed by atoms with van der Waals surface area (Å²) in [4.78, 5) is 8.16. The maximum atomic E-state index is 5.84. The van der Waals surface area contributed by atoms with E-state index in [0.717, 1.165) is 17.7 Å². The van der Waals surface area contributed by atoms with Gasteiger partial charge >= 0.3 is 0 Å². The summed E-state index contributed by atoms with van der Waals surface area (Å²) in [7, 11) is 2.14. The molecule has 3 heteroatoms. The van der Waals surface area contributed by atoms with Crippen molar-refractivity contribution in [2.45, 2.75) is 31.5 Å². The van der Waals surface area contributed by atoms with Crippen LogP contribution in [0, 0.1) is 0 Å². The Bertz CT molecular complexity index is 710. The Morgan fingerprint density at radius 2 is 1.68 bits per heavy atom. The highest BCUT2D eigenvalue weighted by Gasteiger charge is 2.46. The zero-order valence-electron chi connectivity index (χ0n) is 12.9. The van der Waals surface area contributed by atoms with Gasteiger partial charge in [-0.1, -0.05) is 66.7 Å². The van der Waals surface area contributed by atoms with Crippen molar-refractivity contribution in [3.63, 3.8) is 0 Å². The van der Waals surface area contributed by atoms with Gasteiger partial charge in [-0.15, -0.1) is 0 Å². The van der Waals surface area contributed by atoms with Gasteiger partial charge < -0.3 is 4.84 Å². The third kappa shape index (κ3) is 1.89. The highest BCUT2D eigenvalue weighted by Crippen LogP contribution is 2.45. The second kappa shape index (κ2) is 5.25. The van der Waals surface area contributed by atoms with Crippen LogP contribution in [0.15, 0.2) is 59.8 Å². The van der Waals surface area contributed by atoms with Crippen LogP contribution in [0.1, 0.15) is 42.0 Å². The molecule has 22 heavy (non-hydrogen) atoms. The number of likely N-dealkylation sites (N-methyl/N-ethyl adjacent to an activating group) is 1. The average Bonchev–Trinajstić information content (AvgIpc) is 3.02. The molecule has 0 bridgehead atoms. The Morgan fingerprint density at radius 3 is 2.41 bits per heavy atom. The summed E-state index contributed by atoms with van der Waals surface area (Å²) in [6, 6.07) is 19.5. The molecule has 0 amide bonds. The van der Waals surface area contributed by atoms with Gasteiger partial charge in [0, 0.05) is 11.6 Å². The summed E-state index contributed by atoms with van der Waals surface area (Å²) < 4.78 is 0. The number of oxime groups is 1. The van der Waals surface area contributed by atoms with Gasteiger partial charge in [-0.25, -0.2) is 0 Å². The maximum absolute atomic E-state index is 5.84. The molecule has 0 unspecified atom stereocenters. The molecule has 2 aromatic rings. The fraction of sp³-hybridized carbons (Fsp3) is 0.316. The van der Waals surface area contributed by atoms with Gasteiger partial charge in [-0.2, -0.15) is 0 Å². The predicted molar refractivity (Wildman–Crippen MR) is 87.8 cm³/mol. The maximum Gasteiger partial charge on any atom is 0.194 e. The van der Waals surface area contributed by atoms with Crippen LogP contribution in [0.25, 0.3) is 0 Å². The molecule has 0 fully saturated rings. The second-order valence-electron chi connectivity index (χ2n) is 6.03. The molecule has 112 valence electrons. The molecular weight excluding hydrogens is 272 g/mol. The van der Waals surface area contributed by atoms with Crippen LogP contribution in [0.2, 0.25) is 0 Å². The van der Waals surface area contributed by atoms with E-state index in [1.807, 2.05) is 6.07 Å². The molecule has 2 aromatic carbocycles. The van der Waals surface area contributed by atoms with E-state index in [4.69, 9.17) is 4.84 Å². The summed E-state index contributed by atoms with van der Waals surface area (Å²) >= 11 is 0. The van der Waals surface area contributed by atoms with Gasteiger partial charge in [-0.3, -0.25) is 4.90 Å².